The van der Waals surface area contributed by atoms with Crippen molar-refractivity contribution in [1.29, 1.82) is 5.26 Å². The Morgan fingerprint density at radius 1 is 1.23 bits per heavy atom. The van der Waals surface area contributed by atoms with E-state index in [0.717, 1.165) is 5.56 Å². The van der Waals surface area contributed by atoms with Gasteiger partial charge in [0.05, 0.1) is 22.4 Å². The highest BCUT2D eigenvalue weighted by atomic mass is 35.5. The van der Waals surface area contributed by atoms with Crippen LogP contribution in [0, 0.1) is 17.2 Å². The van der Waals surface area contributed by atoms with E-state index in [2.05, 4.69) is 12.6 Å². The Morgan fingerprint density at radius 3 is 2.52 bits per heavy atom. The first kappa shape index (κ1) is 23.0. The molecule has 0 saturated carbocycles. The zero-order valence-electron chi connectivity index (χ0n) is 17.1. The Bertz CT molecular complexity index is 1080. The number of sulfonamides is 1. The zero-order chi connectivity index (χ0) is 22.4. The van der Waals surface area contributed by atoms with Gasteiger partial charge >= 0.3 is 0 Å². The first-order valence-electron chi connectivity index (χ1n) is 9.99. The molecule has 0 N–H and O–H groups in total. The molecular formula is C23H24ClN3O3S. The highest BCUT2D eigenvalue weighted by molar-refractivity contribution is 7.89. The normalized spacial score (nSPS) is 17.0. The monoisotopic (exact) mass is 457 g/mol. The molecule has 2 aromatic rings. The molecule has 1 unspecified atom stereocenters. The average Bonchev–Trinajstić information content (AvgIpc) is 2.79. The average molecular weight is 458 g/mol. The largest absolute Gasteiger partial charge is 0.334 e. The summed E-state index contributed by atoms with van der Waals surface area (Å²) in [6, 6.07) is 15.2. The van der Waals surface area contributed by atoms with Gasteiger partial charge in [0.2, 0.25) is 15.9 Å². The van der Waals surface area contributed by atoms with Crippen molar-refractivity contribution in [2.24, 2.45) is 5.92 Å². The number of benzene rings is 2. The number of halogens is 1. The summed E-state index contributed by atoms with van der Waals surface area (Å²) in [5.41, 5.74) is 1.45. The Morgan fingerprint density at radius 2 is 1.90 bits per heavy atom. The van der Waals surface area contributed by atoms with Gasteiger partial charge in [-0.3, -0.25) is 4.79 Å². The van der Waals surface area contributed by atoms with Crippen LogP contribution in [0.1, 0.15) is 24.0 Å². The van der Waals surface area contributed by atoms with Crippen molar-refractivity contribution in [1.82, 2.24) is 9.21 Å². The molecule has 1 fully saturated rings. The molecule has 0 aromatic heterocycles. The van der Waals surface area contributed by atoms with Crippen LogP contribution in [0.3, 0.4) is 0 Å². The zero-order valence-corrected chi connectivity index (χ0v) is 18.6. The lowest BCUT2D eigenvalue weighted by molar-refractivity contribution is -0.136. The van der Waals surface area contributed by atoms with Crippen molar-refractivity contribution in [3.05, 3.63) is 77.3 Å². The van der Waals surface area contributed by atoms with Crippen LogP contribution in [0.2, 0.25) is 5.02 Å². The van der Waals surface area contributed by atoms with Gasteiger partial charge in [0.15, 0.2) is 0 Å². The quantitative estimate of drug-likeness (QED) is 0.592. The van der Waals surface area contributed by atoms with Gasteiger partial charge in [-0.25, -0.2) is 8.42 Å². The van der Waals surface area contributed by atoms with E-state index in [9.17, 15) is 13.2 Å². The van der Waals surface area contributed by atoms with Crippen LogP contribution >= 0.6 is 11.6 Å². The van der Waals surface area contributed by atoms with E-state index in [1.54, 1.807) is 35.2 Å². The Balaban J connectivity index is 1.74. The SMILES string of the molecule is C=CCN(Cc1ccc(C#N)cc1)C(=O)C1CCCN(S(=O)(=O)c2ccc(Cl)cc2)C1. The van der Waals surface area contributed by atoms with Crippen molar-refractivity contribution in [3.8, 4) is 6.07 Å². The number of nitrogens with zero attached hydrogens (tertiary/aromatic N) is 3. The molecule has 2 aromatic carbocycles. The number of nitriles is 1. The molecule has 1 saturated heterocycles. The predicted octanol–water partition coefficient (Wildman–Crippen LogP) is 3.83. The molecule has 1 atom stereocenters. The Hall–Kier alpha value is -2.66. The number of hydrogen-bond donors (Lipinski definition) is 0. The summed E-state index contributed by atoms with van der Waals surface area (Å²) in [6.07, 6.45) is 2.90. The van der Waals surface area contributed by atoms with Gasteiger partial charge in [0.25, 0.3) is 0 Å². The minimum Gasteiger partial charge on any atom is -0.334 e. The highest BCUT2D eigenvalue weighted by Crippen LogP contribution is 2.26. The summed E-state index contributed by atoms with van der Waals surface area (Å²) < 4.78 is 27.4. The smallest absolute Gasteiger partial charge is 0.243 e. The summed E-state index contributed by atoms with van der Waals surface area (Å²) in [4.78, 5) is 15.1. The lowest BCUT2D eigenvalue weighted by Gasteiger charge is -2.34. The number of piperidine rings is 1. The fourth-order valence-corrected chi connectivity index (χ4v) is 5.32. The summed E-state index contributed by atoms with van der Waals surface area (Å²) in [5, 5.41) is 9.42. The topological polar surface area (TPSA) is 81.5 Å². The maximum Gasteiger partial charge on any atom is 0.243 e. The van der Waals surface area contributed by atoms with E-state index in [1.165, 1.54) is 16.4 Å². The van der Waals surface area contributed by atoms with E-state index >= 15 is 0 Å². The third-order valence-electron chi connectivity index (χ3n) is 5.30. The number of carbonyl (C=O) groups is 1. The van der Waals surface area contributed by atoms with Gasteiger partial charge in [0, 0.05) is 31.2 Å². The molecule has 1 heterocycles. The molecule has 0 aliphatic carbocycles. The first-order chi connectivity index (χ1) is 14.8. The Labute approximate surface area is 188 Å². The molecule has 3 rings (SSSR count). The fraction of sp³-hybridized carbons (Fsp3) is 0.304. The van der Waals surface area contributed by atoms with Crippen LogP contribution in [0.5, 0.6) is 0 Å². The highest BCUT2D eigenvalue weighted by Gasteiger charge is 2.35. The van der Waals surface area contributed by atoms with Crippen LogP contribution in [0.15, 0.2) is 66.1 Å². The fourth-order valence-electron chi connectivity index (χ4n) is 3.67. The van der Waals surface area contributed by atoms with Crippen molar-refractivity contribution in [2.75, 3.05) is 19.6 Å². The van der Waals surface area contributed by atoms with Crippen LogP contribution in [0.4, 0.5) is 0 Å². The van der Waals surface area contributed by atoms with Crippen LogP contribution in [-0.4, -0.2) is 43.2 Å². The Kier molecular flexibility index (Phi) is 7.50. The summed E-state index contributed by atoms with van der Waals surface area (Å²) in [6.45, 7) is 5.00. The summed E-state index contributed by atoms with van der Waals surface area (Å²) >= 11 is 5.88. The van der Waals surface area contributed by atoms with Gasteiger partial charge < -0.3 is 4.90 Å². The van der Waals surface area contributed by atoms with E-state index in [-0.39, 0.29) is 17.3 Å². The van der Waals surface area contributed by atoms with E-state index in [4.69, 9.17) is 16.9 Å². The molecule has 0 radical (unpaired) electrons. The number of hydrogen-bond acceptors (Lipinski definition) is 4. The molecule has 1 aliphatic heterocycles. The lowest BCUT2D eigenvalue weighted by atomic mass is 9.97. The van der Waals surface area contributed by atoms with Gasteiger partial charge in [-0.1, -0.05) is 29.8 Å². The van der Waals surface area contributed by atoms with Crippen molar-refractivity contribution in [2.45, 2.75) is 24.3 Å². The molecule has 31 heavy (non-hydrogen) atoms. The van der Waals surface area contributed by atoms with E-state index in [1.807, 2.05) is 12.1 Å². The summed E-state index contributed by atoms with van der Waals surface area (Å²) in [5.74, 6) is -0.519. The molecule has 6 nitrogen and oxygen atoms in total. The lowest BCUT2D eigenvalue weighted by Crippen LogP contribution is -2.46. The van der Waals surface area contributed by atoms with Crippen LogP contribution in [-0.2, 0) is 21.4 Å². The second-order valence-corrected chi connectivity index (χ2v) is 9.85. The number of carbonyl (C=O) groups excluding carboxylic acids is 1. The second-order valence-electron chi connectivity index (χ2n) is 7.47. The molecular weight excluding hydrogens is 434 g/mol. The number of rotatable bonds is 7. The van der Waals surface area contributed by atoms with Gasteiger partial charge in [-0.15, -0.1) is 6.58 Å². The molecule has 1 amide bonds. The van der Waals surface area contributed by atoms with Crippen LogP contribution < -0.4 is 0 Å². The minimum atomic E-state index is -3.70. The molecule has 0 spiro atoms. The third-order valence-corrected chi connectivity index (χ3v) is 7.43. The second kappa shape index (κ2) is 10.1. The van der Waals surface area contributed by atoms with E-state index < -0.39 is 15.9 Å². The molecule has 8 heteroatoms. The van der Waals surface area contributed by atoms with Crippen LogP contribution in [0.25, 0.3) is 0 Å². The van der Waals surface area contributed by atoms with Crippen molar-refractivity contribution in [3.63, 3.8) is 0 Å². The number of amides is 1. The predicted molar refractivity (Wildman–Crippen MR) is 120 cm³/mol. The molecule has 0 bridgehead atoms. The van der Waals surface area contributed by atoms with Crippen molar-refractivity contribution < 1.29 is 13.2 Å². The third kappa shape index (κ3) is 5.53. The first-order valence-corrected chi connectivity index (χ1v) is 11.8. The standard InChI is InChI=1S/C23H24ClN3O3S/c1-2-13-26(16-19-7-5-18(15-25)6-8-19)23(28)20-4-3-14-27(17-20)31(29,30)22-11-9-21(24)10-12-22/h2,5-12,20H,1,3-4,13-14,16-17H2. The van der Waals surface area contributed by atoms with Gasteiger partial charge in [-0.2, -0.15) is 9.57 Å². The molecule has 162 valence electrons. The maximum atomic E-state index is 13.3. The van der Waals surface area contributed by atoms with E-state index in [0.29, 0.717) is 43.1 Å². The van der Waals surface area contributed by atoms with Gasteiger partial charge in [-0.05, 0) is 54.8 Å². The molecule has 1 aliphatic rings. The maximum absolute atomic E-state index is 13.3. The van der Waals surface area contributed by atoms with Crippen molar-refractivity contribution >= 4 is 27.5 Å². The summed E-state index contributed by atoms with van der Waals surface area (Å²) in [7, 11) is -3.70. The van der Waals surface area contributed by atoms with Gasteiger partial charge in [0.1, 0.15) is 0 Å². The minimum absolute atomic E-state index is 0.0970.